The molecule has 35 heavy (non-hydrogen) atoms. The van der Waals surface area contributed by atoms with Crippen LogP contribution in [0.1, 0.15) is 112 Å². The number of benzene rings is 2. The van der Waals surface area contributed by atoms with E-state index in [9.17, 15) is 0 Å². The minimum Gasteiger partial charge on any atom is -1.00 e. The van der Waals surface area contributed by atoms with Gasteiger partial charge in [0.25, 0.3) is 0 Å². The first kappa shape index (κ1) is 34.1. The Labute approximate surface area is 246 Å². The SMILES string of the molecule is Cc1cc2c(C(C)C)c(C(C)C)ccc2[cH-]1.Cc1cc2c(C(C)C)c(C(C)C)ccc2[cH-]1.[Cl-].[Cl-].[Zr+4]. The summed E-state index contributed by atoms with van der Waals surface area (Å²) >= 11 is 0. The molecule has 0 bridgehead atoms. The minimum absolute atomic E-state index is 0. The van der Waals surface area contributed by atoms with Crippen LogP contribution in [-0.2, 0) is 26.2 Å². The number of fused-ring (bicyclic) bond motifs is 2. The Bertz CT molecular complexity index is 1110. The molecule has 0 atom stereocenters. The summed E-state index contributed by atoms with van der Waals surface area (Å²) in [4.78, 5) is 0. The molecular weight excluding hydrogens is 546 g/mol. The molecule has 0 spiro atoms. The van der Waals surface area contributed by atoms with Crippen LogP contribution in [0.3, 0.4) is 0 Å². The molecule has 3 heteroatoms. The van der Waals surface area contributed by atoms with E-state index in [1.54, 1.807) is 11.1 Å². The van der Waals surface area contributed by atoms with E-state index >= 15 is 0 Å². The molecule has 0 aliphatic heterocycles. The van der Waals surface area contributed by atoms with Crippen molar-refractivity contribution in [2.75, 3.05) is 0 Å². The molecular formula is C32H42Cl2Zr. The number of aryl methyl sites for hydroxylation is 2. The van der Waals surface area contributed by atoms with Crippen LogP contribution in [-0.4, -0.2) is 0 Å². The normalized spacial score (nSPS) is 10.9. The molecule has 0 fully saturated rings. The molecule has 0 amide bonds. The van der Waals surface area contributed by atoms with Gasteiger partial charge in [-0.1, -0.05) is 91.5 Å². The van der Waals surface area contributed by atoms with Crippen molar-refractivity contribution in [3.05, 3.63) is 81.9 Å². The maximum atomic E-state index is 2.33. The van der Waals surface area contributed by atoms with Gasteiger partial charge in [0.2, 0.25) is 0 Å². The van der Waals surface area contributed by atoms with Crippen molar-refractivity contribution >= 4 is 21.5 Å². The molecule has 4 aromatic carbocycles. The molecule has 0 nitrogen and oxygen atoms in total. The minimum atomic E-state index is 0. The number of hydrogen-bond acceptors (Lipinski definition) is 0. The Morgan fingerprint density at radius 2 is 0.829 bits per heavy atom. The van der Waals surface area contributed by atoms with Crippen molar-refractivity contribution < 1.29 is 51.0 Å². The fraction of sp³-hybridized carbons (Fsp3) is 0.438. The van der Waals surface area contributed by atoms with E-state index in [1.807, 2.05) is 0 Å². The second kappa shape index (κ2) is 14.2. The van der Waals surface area contributed by atoms with Crippen LogP contribution < -0.4 is 24.8 Å². The van der Waals surface area contributed by atoms with Crippen LogP contribution in [0.5, 0.6) is 0 Å². The molecule has 0 unspecified atom stereocenters. The van der Waals surface area contributed by atoms with E-state index < -0.39 is 0 Å². The van der Waals surface area contributed by atoms with Crippen molar-refractivity contribution in [1.29, 1.82) is 0 Å². The Morgan fingerprint density at radius 3 is 1.09 bits per heavy atom. The molecule has 0 radical (unpaired) electrons. The van der Waals surface area contributed by atoms with Gasteiger partial charge in [-0.05, 0) is 23.7 Å². The van der Waals surface area contributed by atoms with Crippen molar-refractivity contribution in [2.45, 2.75) is 92.9 Å². The van der Waals surface area contributed by atoms with Crippen LogP contribution in [0, 0.1) is 13.8 Å². The molecule has 188 valence electrons. The standard InChI is InChI=1S/2C16H21.2ClH.Zr/c2*1-10(2)14-7-6-13-8-12(5)9-15(13)16(14)11(3)4;;;/h2*6-11H,1-5H3;2*1H;/q2*-1;;;+4/p-2. The third-order valence-corrected chi connectivity index (χ3v) is 6.62. The summed E-state index contributed by atoms with van der Waals surface area (Å²) in [6.45, 7) is 22.7. The van der Waals surface area contributed by atoms with E-state index in [4.69, 9.17) is 0 Å². The first-order valence-electron chi connectivity index (χ1n) is 12.4. The summed E-state index contributed by atoms with van der Waals surface area (Å²) in [5, 5.41) is 5.70. The molecule has 0 saturated carbocycles. The summed E-state index contributed by atoms with van der Waals surface area (Å²) in [5.41, 5.74) is 8.85. The molecule has 0 aliphatic carbocycles. The first-order valence-corrected chi connectivity index (χ1v) is 12.4. The van der Waals surface area contributed by atoms with Crippen molar-refractivity contribution in [1.82, 2.24) is 0 Å². The Balaban J connectivity index is 0.000000608. The van der Waals surface area contributed by atoms with Gasteiger partial charge >= 0.3 is 26.2 Å². The van der Waals surface area contributed by atoms with Crippen LogP contribution in [0.4, 0.5) is 0 Å². The third kappa shape index (κ3) is 7.57. The zero-order chi connectivity index (χ0) is 23.7. The Morgan fingerprint density at radius 1 is 0.514 bits per heavy atom. The van der Waals surface area contributed by atoms with Crippen LogP contribution in [0.25, 0.3) is 21.5 Å². The summed E-state index contributed by atoms with van der Waals surface area (Å²) in [5.74, 6) is 2.42. The zero-order valence-electron chi connectivity index (χ0n) is 23.2. The maximum absolute atomic E-state index is 2.33. The van der Waals surface area contributed by atoms with Crippen LogP contribution in [0.2, 0.25) is 0 Å². The van der Waals surface area contributed by atoms with Crippen LogP contribution in [0.15, 0.2) is 48.5 Å². The van der Waals surface area contributed by atoms with E-state index in [1.165, 1.54) is 43.8 Å². The van der Waals surface area contributed by atoms with Gasteiger partial charge in [-0.2, -0.15) is 12.1 Å². The fourth-order valence-corrected chi connectivity index (χ4v) is 5.24. The predicted octanol–water partition coefficient (Wildman–Crippen LogP) is 4.23. The van der Waals surface area contributed by atoms with Gasteiger partial charge in [-0.3, -0.25) is 0 Å². The molecule has 0 aliphatic rings. The van der Waals surface area contributed by atoms with Crippen LogP contribution >= 0.6 is 0 Å². The largest absolute Gasteiger partial charge is 4.00 e. The predicted molar refractivity (Wildman–Crippen MR) is 145 cm³/mol. The van der Waals surface area contributed by atoms with E-state index in [2.05, 4.69) is 118 Å². The second-order valence-electron chi connectivity index (χ2n) is 10.8. The van der Waals surface area contributed by atoms with Gasteiger partial charge in [-0.25, -0.2) is 0 Å². The monoisotopic (exact) mass is 586 g/mol. The van der Waals surface area contributed by atoms with Gasteiger partial charge in [0.15, 0.2) is 0 Å². The number of halogens is 2. The van der Waals surface area contributed by atoms with E-state index in [0.29, 0.717) is 23.7 Å². The fourth-order valence-electron chi connectivity index (χ4n) is 5.24. The van der Waals surface area contributed by atoms with E-state index in [-0.39, 0.29) is 51.0 Å². The van der Waals surface area contributed by atoms with Gasteiger partial charge in [0, 0.05) is 0 Å². The number of rotatable bonds is 4. The van der Waals surface area contributed by atoms with E-state index in [0.717, 1.165) is 0 Å². The first-order chi connectivity index (χ1) is 15.0. The Kier molecular flexibility index (Phi) is 13.8. The molecule has 0 heterocycles. The smallest absolute Gasteiger partial charge is 1.00 e. The molecule has 0 saturated heterocycles. The molecule has 0 N–H and O–H groups in total. The zero-order valence-corrected chi connectivity index (χ0v) is 27.2. The average Bonchev–Trinajstić information content (AvgIpc) is 3.26. The van der Waals surface area contributed by atoms with Crippen molar-refractivity contribution in [3.8, 4) is 0 Å². The summed E-state index contributed by atoms with van der Waals surface area (Å²) in [6, 6.07) is 18.4. The third-order valence-electron chi connectivity index (χ3n) is 6.62. The van der Waals surface area contributed by atoms with Crippen molar-refractivity contribution in [2.24, 2.45) is 0 Å². The van der Waals surface area contributed by atoms with Gasteiger partial charge in [0.1, 0.15) is 0 Å². The molecule has 0 aromatic heterocycles. The summed E-state index contributed by atoms with van der Waals surface area (Å²) in [6.07, 6.45) is 0. The molecule has 4 rings (SSSR count). The van der Waals surface area contributed by atoms with Gasteiger partial charge in [0.05, 0.1) is 0 Å². The topological polar surface area (TPSA) is 0 Å². The van der Waals surface area contributed by atoms with Gasteiger partial charge < -0.3 is 24.8 Å². The number of hydrogen-bond donors (Lipinski definition) is 0. The second-order valence-corrected chi connectivity index (χ2v) is 10.8. The maximum Gasteiger partial charge on any atom is 4.00 e. The summed E-state index contributed by atoms with van der Waals surface area (Å²) in [7, 11) is 0. The van der Waals surface area contributed by atoms with Crippen molar-refractivity contribution in [3.63, 3.8) is 0 Å². The quantitative estimate of drug-likeness (QED) is 0.313. The average molecular weight is 589 g/mol. The molecule has 4 aromatic rings. The van der Waals surface area contributed by atoms with Gasteiger partial charge in [-0.15, -0.1) is 69.1 Å². The Hall–Kier alpha value is -0.877. The summed E-state index contributed by atoms with van der Waals surface area (Å²) < 4.78 is 0.